The van der Waals surface area contributed by atoms with E-state index in [0.717, 1.165) is 50.5 Å². The molecule has 4 nitrogen and oxygen atoms in total. The molecule has 1 fully saturated rings. The molecule has 0 bridgehead atoms. The van der Waals surface area contributed by atoms with E-state index in [9.17, 15) is 0 Å². The zero-order valence-electron chi connectivity index (χ0n) is 11.0. The van der Waals surface area contributed by atoms with E-state index >= 15 is 0 Å². The molecule has 0 aromatic carbocycles. The van der Waals surface area contributed by atoms with E-state index in [-0.39, 0.29) is 0 Å². The summed E-state index contributed by atoms with van der Waals surface area (Å²) in [6.07, 6.45) is 3.64. The summed E-state index contributed by atoms with van der Waals surface area (Å²) >= 11 is 5.91. The van der Waals surface area contributed by atoms with Crippen molar-refractivity contribution in [2.75, 3.05) is 24.6 Å². The van der Waals surface area contributed by atoms with Gasteiger partial charge in [0.1, 0.15) is 5.82 Å². The van der Waals surface area contributed by atoms with Gasteiger partial charge in [-0.1, -0.05) is 6.92 Å². The molecule has 0 aliphatic carbocycles. The first-order valence-electron chi connectivity index (χ1n) is 6.56. The summed E-state index contributed by atoms with van der Waals surface area (Å²) in [6.45, 7) is 6.81. The molecule has 1 aliphatic heterocycles. The minimum Gasteiger partial charge on any atom is -0.376 e. The first kappa shape index (κ1) is 13.6. The molecule has 2 heterocycles. The van der Waals surface area contributed by atoms with Crippen LogP contribution in [-0.4, -0.2) is 35.8 Å². The molecule has 0 N–H and O–H groups in total. The Hall–Kier alpha value is -0.870. The van der Waals surface area contributed by atoms with Gasteiger partial charge in [-0.25, -0.2) is 9.97 Å². The number of hydrogen-bond acceptors (Lipinski definition) is 4. The summed E-state index contributed by atoms with van der Waals surface area (Å²) in [6, 6.07) is 1.98. The molecule has 100 valence electrons. The fraction of sp³-hybridized carbons (Fsp3) is 0.692. The van der Waals surface area contributed by atoms with Crippen molar-refractivity contribution in [2.45, 2.75) is 39.2 Å². The largest absolute Gasteiger partial charge is 0.376 e. The average Bonchev–Trinajstić information content (AvgIpc) is 2.35. The predicted molar refractivity (Wildman–Crippen MR) is 73.3 cm³/mol. The van der Waals surface area contributed by atoms with Crippen molar-refractivity contribution in [3.63, 3.8) is 0 Å². The Kier molecular flexibility index (Phi) is 4.78. The molecule has 0 radical (unpaired) electrons. The number of anilines is 1. The second kappa shape index (κ2) is 6.34. The van der Waals surface area contributed by atoms with Gasteiger partial charge in [0.2, 0.25) is 5.28 Å². The van der Waals surface area contributed by atoms with Gasteiger partial charge in [-0.15, -0.1) is 0 Å². The van der Waals surface area contributed by atoms with Crippen LogP contribution in [0.25, 0.3) is 0 Å². The zero-order valence-corrected chi connectivity index (χ0v) is 11.8. The van der Waals surface area contributed by atoms with Gasteiger partial charge in [0.05, 0.1) is 6.10 Å². The number of nitrogens with zero attached hydrogens (tertiary/aromatic N) is 3. The van der Waals surface area contributed by atoms with Gasteiger partial charge in [-0.3, -0.25) is 0 Å². The van der Waals surface area contributed by atoms with E-state index < -0.39 is 0 Å². The van der Waals surface area contributed by atoms with Gasteiger partial charge < -0.3 is 9.64 Å². The number of hydrogen-bond donors (Lipinski definition) is 0. The van der Waals surface area contributed by atoms with Crippen LogP contribution >= 0.6 is 11.6 Å². The maximum absolute atomic E-state index is 5.91. The third kappa shape index (κ3) is 3.56. The lowest BCUT2D eigenvalue weighted by Gasteiger charge is -2.33. The van der Waals surface area contributed by atoms with Gasteiger partial charge >= 0.3 is 0 Å². The second-order valence-corrected chi connectivity index (χ2v) is 5.06. The minimum absolute atomic E-state index is 0.313. The number of aryl methyl sites for hydroxylation is 1. The zero-order chi connectivity index (χ0) is 13.0. The lowest BCUT2D eigenvalue weighted by Crippen LogP contribution is -2.40. The number of aromatic nitrogens is 2. The average molecular weight is 270 g/mol. The highest BCUT2D eigenvalue weighted by Gasteiger charge is 2.21. The van der Waals surface area contributed by atoms with E-state index in [4.69, 9.17) is 16.3 Å². The maximum Gasteiger partial charge on any atom is 0.224 e. The lowest BCUT2D eigenvalue weighted by atomic mass is 10.1. The molecular weight excluding hydrogens is 250 g/mol. The number of halogens is 1. The Labute approximate surface area is 113 Å². The van der Waals surface area contributed by atoms with E-state index in [1.54, 1.807) is 0 Å². The SMILES string of the molecule is CCCOC1CCCN(c2cc(C)nc(Cl)n2)C1. The van der Waals surface area contributed by atoms with Crippen LogP contribution in [0.3, 0.4) is 0 Å². The van der Waals surface area contributed by atoms with E-state index in [1.807, 2.05) is 13.0 Å². The third-order valence-electron chi connectivity index (χ3n) is 3.07. The highest BCUT2D eigenvalue weighted by atomic mass is 35.5. The molecular formula is C13H20ClN3O. The van der Waals surface area contributed by atoms with E-state index in [0.29, 0.717) is 11.4 Å². The molecule has 1 aromatic rings. The summed E-state index contributed by atoms with van der Waals surface area (Å²) < 4.78 is 5.83. The Bertz CT molecular complexity index is 380. The van der Waals surface area contributed by atoms with Gasteiger partial charge in [0, 0.05) is 31.5 Å². The predicted octanol–water partition coefficient (Wildman–Crippen LogP) is 2.83. The Balaban J connectivity index is 2.03. The van der Waals surface area contributed by atoms with Crippen LogP contribution in [0.2, 0.25) is 5.28 Å². The monoisotopic (exact) mass is 269 g/mol. The molecule has 1 atom stereocenters. The van der Waals surface area contributed by atoms with Crippen molar-refractivity contribution in [3.05, 3.63) is 17.0 Å². The van der Waals surface area contributed by atoms with E-state index in [1.165, 1.54) is 0 Å². The molecule has 1 aromatic heterocycles. The van der Waals surface area contributed by atoms with Gasteiger partial charge in [0.25, 0.3) is 0 Å². The fourth-order valence-corrected chi connectivity index (χ4v) is 2.47. The number of rotatable bonds is 4. The van der Waals surface area contributed by atoms with Gasteiger partial charge in [-0.05, 0) is 37.8 Å². The highest BCUT2D eigenvalue weighted by molar-refractivity contribution is 6.28. The molecule has 2 rings (SSSR count). The summed E-state index contributed by atoms with van der Waals surface area (Å²) in [4.78, 5) is 10.6. The van der Waals surface area contributed by atoms with Crippen molar-refractivity contribution in [1.82, 2.24) is 9.97 Å². The Morgan fingerprint density at radius 3 is 3.06 bits per heavy atom. The lowest BCUT2D eigenvalue weighted by molar-refractivity contribution is 0.0439. The summed E-state index contributed by atoms with van der Waals surface area (Å²) in [5, 5.41) is 0.321. The smallest absolute Gasteiger partial charge is 0.224 e. The molecule has 5 heteroatoms. The van der Waals surface area contributed by atoms with E-state index in [2.05, 4.69) is 21.8 Å². The molecule has 0 saturated carbocycles. The molecule has 1 saturated heterocycles. The molecule has 1 aliphatic rings. The second-order valence-electron chi connectivity index (χ2n) is 4.72. The summed E-state index contributed by atoms with van der Waals surface area (Å²) in [5.74, 6) is 0.914. The molecule has 0 amide bonds. The van der Waals surface area contributed by atoms with Crippen molar-refractivity contribution < 1.29 is 4.74 Å². The number of piperidine rings is 1. The third-order valence-corrected chi connectivity index (χ3v) is 3.24. The fourth-order valence-electron chi connectivity index (χ4n) is 2.25. The maximum atomic E-state index is 5.91. The van der Waals surface area contributed by atoms with Crippen molar-refractivity contribution in [1.29, 1.82) is 0 Å². The number of ether oxygens (including phenoxy) is 1. The van der Waals surface area contributed by atoms with Crippen LogP contribution in [0.4, 0.5) is 5.82 Å². The Morgan fingerprint density at radius 1 is 1.50 bits per heavy atom. The van der Waals surface area contributed by atoms with Crippen molar-refractivity contribution in [3.8, 4) is 0 Å². The van der Waals surface area contributed by atoms with Gasteiger partial charge in [-0.2, -0.15) is 0 Å². The molecule has 1 unspecified atom stereocenters. The van der Waals surface area contributed by atoms with Gasteiger partial charge in [0.15, 0.2) is 0 Å². The first-order valence-corrected chi connectivity index (χ1v) is 6.94. The van der Waals surface area contributed by atoms with Crippen molar-refractivity contribution >= 4 is 17.4 Å². The van der Waals surface area contributed by atoms with Crippen LogP contribution in [0.1, 0.15) is 31.9 Å². The van der Waals surface area contributed by atoms with Crippen LogP contribution < -0.4 is 4.90 Å². The van der Waals surface area contributed by atoms with Crippen LogP contribution in [0.5, 0.6) is 0 Å². The molecule has 18 heavy (non-hydrogen) atoms. The first-order chi connectivity index (χ1) is 8.69. The van der Waals surface area contributed by atoms with Crippen LogP contribution in [0.15, 0.2) is 6.07 Å². The summed E-state index contributed by atoms with van der Waals surface area (Å²) in [7, 11) is 0. The highest BCUT2D eigenvalue weighted by Crippen LogP contribution is 2.21. The van der Waals surface area contributed by atoms with Crippen molar-refractivity contribution in [2.24, 2.45) is 0 Å². The summed E-state index contributed by atoms with van der Waals surface area (Å²) in [5.41, 5.74) is 0.904. The van der Waals surface area contributed by atoms with Crippen LogP contribution in [-0.2, 0) is 4.74 Å². The van der Waals surface area contributed by atoms with Crippen LogP contribution in [0, 0.1) is 6.92 Å². The standard InChI is InChI=1S/C13H20ClN3O/c1-3-7-18-11-5-4-6-17(9-11)12-8-10(2)15-13(14)16-12/h8,11H,3-7,9H2,1-2H3. The minimum atomic E-state index is 0.313. The topological polar surface area (TPSA) is 38.2 Å². The molecule has 0 spiro atoms. The normalized spacial score (nSPS) is 20.2. The Morgan fingerprint density at radius 2 is 2.33 bits per heavy atom. The quantitative estimate of drug-likeness (QED) is 0.788.